The smallest absolute Gasteiger partial charge is 0.316 e. The molecule has 0 aromatic carbocycles. The number of ether oxygens (including phenoxy) is 1. The molecule has 0 N–H and O–H groups in total. The first kappa shape index (κ1) is 12.7. The van der Waals surface area contributed by atoms with Gasteiger partial charge in [0.05, 0.1) is 13.7 Å². The van der Waals surface area contributed by atoms with Gasteiger partial charge in [-0.15, -0.1) is 0 Å². The molecule has 1 unspecified atom stereocenters. The Hall–Kier alpha value is -1.39. The lowest BCUT2D eigenvalue weighted by molar-refractivity contribution is -0.154. The van der Waals surface area contributed by atoms with E-state index in [2.05, 4.69) is 4.74 Å². The van der Waals surface area contributed by atoms with Crippen LogP contribution in [0.4, 0.5) is 0 Å². The summed E-state index contributed by atoms with van der Waals surface area (Å²) in [4.78, 5) is 36.0. The molecule has 1 heterocycles. The van der Waals surface area contributed by atoms with Gasteiger partial charge in [0.15, 0.2) is 5.78 Å². The van der Waals surface area contributed by atoms with Crippen LogP contribution in [0.15, 0.2) is 0 Å². The Bertz CT molecular complexity index is 311. The van der Waals surface area contributed by atoms with Gasteiger partial charge < -0.3 is 9.64 Å². The second kappa shape index (κ2) is 5.09. The molecule has 16 heavy (non-hydrogen) atoms. The molecule has 1 rings (SSSR count). The first-order chi connectivity index (χ1) is 7.47. The average Bonchev–Trinajstić information content (AvgIpc) is 2.26. The van der Waals surface area contributed by atoms with E-state index in [1.54, 1.807) is 13.8 Å². The molecular weight excluding hydrogens is 210 g/mol. The van der Waals surface area contributed by atoms with Crippen molar-refractivity contribution >= 4 is 17.7 Å². The third kappa shape index (κ3) is 2.59. The predicted octanol–water partition coefficient (Wildman–Crippen LogP) is 0.233. The number of ketones is 1. The molecule has 0 spiro atoms. The molecule has 1 aliphatic rings. The van der Waals surface area contributed by atoms with Gasteiger partial charge in [0.2, 0.25) is 5.91 Å². The number of Topliss-reactive ketones (excluding diaryl/α,β-unsaturated/α-hetero) is 1. The Morgan fingerprint density at radius 3 is 2.50 bits per heavy atom. The summed E-state index contributed by atoms with van der Waals surface area (Å²) in [5.41, 5.74) is 0. The van der Waals surface area contributed by atoms with Gasteiger partial charge in [0.25, 0.3) is 0 Å². The van der Waals surface area contributed by atoms with Gasteiger partial charge in [-0.2, -0.15) is 0 Å². The minimum absolute atomic E-state index is 0.0246. The van der Waals surface area contributed by atoms with E-state index in [0.717, 1.165) is 0 Å². The van der Waals surface area contributed by atoms with Crippen molar-refractivity contribution in [2.45, 2.75) is 20.3 Å². The van der Waals surface area contributed by atoms with Crippen molar-refractivity contribution in [1.29, 1.82) is 0 Å². The van der Waals surface area contributed by atoms with Gasteiger partial charge in [0.1, 0.15) is 5.92 Å². The number of carbonyl (C=O) groups is 3. The zero-order valence-corrected chi connectivity index (χ0v) is 9.86. The number of nitrogens with zero attached hydrogens (tertiary/aromatic N) is 1. The zero-order chi connectivity index (χ0) is 12.3. The van der Waals surface area contributed by atoms with Gasteiger partial charge >= 0.3 is 5.97 Å². The van der Waals surface area contributed by atoms with Crippen LogP contribution in [0, 0.1) is 11.8 Å². The molecule has 1 fully saturated rings. The van der Waals surface area contributed by atoms with Crippen LogP contribution in [-0.4, -0.2) is 42.8 Å². The number of likely N-dealkylation sites (tertiary alicyclic amines) is 1. The summed E-state index contributed by atoms with van der Waals surface area (Å²) in [6.07, 6.45) is 0.365. The molecule has 5 heteroatoms. The van der Waals surface area contributed by atoms with E-state index in [9.17, 15) is 14.4 Å². The lowest BCUT2D eigenvalue weighted by Crippen LogP contribution is -2.47. The van der Waals surface area contributed by atoms with Gasteiger partial charge in [-0.05, 0) is 6.42 Å². The fourth-order valence-electron chi connectivity index (χ4n) is 1.77. The third-order valence-corrected chi connectivity index (χ3v) is 2.71. The molecule has 0 aromatic rings. The highest BCUT2D eigenvalue weighted by atomic mass is 16.5. The number of methoxy groups -OCH3 is 1. The maximum atomic E-state index is 11.6. The first-order valence-corrected chi connectivity index (χ1v) is 5.36. The van der Waals surface area contributed by atoms with Crippen LogP contribution in [0.1, 0.15) is 20.3 Å². The molecule has 0 aliphatic carbocycles. The average molecular weight is 227 g/mol. The normalized spacial score (nSPS) is 21.1. The zero-order valence-electron chi connectivity index (χ0n) is 9.86. The Labute approximate surface area is 94.7 Å². The van der Waals surface area contributed by atoms with Crippen molar-refractivity contribution < 1.29 is 19.1 Å². The van der Waals surface area contributed by atoms with Crippen molar-refractivity contribution in [2.75, 3.05) is 20.2 Å². The summed E-state index contributed by atoms with van der Waals surface area (Å²) in [5.74, 6) is -1.59. The lowest BCUT2D eigenvalue weighted by atomic mass is 9.95. The van der Waals surface area contributed by atoms with Gasteiger partial charge in [-0.1, -0.05) is 13.8 Å². The van der Waals surface area contributed by atoms with Crippen molar-refractivity contribution in [3.05, 3.63) is 0 Å². The summed E-state index contributed by atoms with van der Waals surface area (Å²) in [7, 11) is 1.27. The van der Waals surface area contributed by atoms with Crippen LogP contribution in [0.2, 0.25) is 0 Å². The van der Waals surface area contributed by atoms with E-state index in [-0.39, 0.29) is 24.2 Å². The summed E-state index contributed by atoms with van der Waals surface area (Å²) < 4.78 is 4.54. The highest BCUT2D eigenvalue weighted by molar-refractivity contribution is 6.02. The Balaban J connectivity index is 2.62. The summed E-state index contributed by atoms with van der Waals surface area (Å²) >= 11 is 0. The van der Waals surface area contributed by atoms with E-state index in [0.29, 0.717) is 13.0 Å². The van der Waals surface area contributed by atoms with Crippen LogP contribution < -0.4 is 0 Å². The topological polar surface area (TPSA) is 63.7 Å². The Kier molecular flexibility index (Phi) is 4.04. The van der Waals surface area contributed by atoms with Gasteiger partial charge in [0, 0.05) is 12.5 Å². The molecule has 0 aromatic heterocycles. The number of hydrogen-bond acceptors (Lipinski definition) is 4. The van der Waals surface area contributed by atoms with Crippen LogP contribution >= 0.6 is 0 Å². The van der Waals surface area contributed by atoms with Crippen LogP contribution in [-0.2, 0) is 19.1 Å². The predicted molar refractivity (Wildman–Crippen MR) is 56.5 cm³/mol. The van der Waals surface area contributed by atoms with Gasteiger partial charge in [-0.3, -0.25) is 14.4 Å². The molecule has 1 amide bonds. The number of piperidine rings is 1. The number of hydrogen-bond donors (Lipinski definition) is 0. The summed E-state index contributed by atoms with van der Waals surface area (Å²) in [6.45, 7) is 4.05. The number of esters is 1. The van der Waals surface area contributed by atoms with E-state index >= 15 is 0 Å². The second-order valence-corrected chi connectivity index (χ2v) is 4.25. The standard InChI is InChI=1S/C11H17NO4/c1-7(2)10(14)12-5-4-8(9(13)6-12)11(15)16-3/h7-8H,4-6H2,1-3H3. The SMILES string of the molecule is COC(=O)C1CCN(C(=O)C(C)C)CC1=O. The van der Waals surface area contributed by atoms with Crippen molar-refractivity contribution in [2.24, 2.45) is 11.8 Å². The van der Waals surface area contributed by atoms with E-state index in [4.69, 9.17) is 0 Å². The van der Waals surface area contributed by atoms with Crippen LogP contribution in [0.25, 0.3) is 0 Å². The molecule has 1 atom stereocenters. The maximum absolute atomic E-state index is 11.6. The summed E-state index contributed by atoms with van der Waals surface area (Å²) in [6, 6.07) is 0. The van der Waals surface area contributed by atoms with E-state index in [1.807, 2.05) is 0 Å². The minimum Gasteiger partial charge on any atom is -0.468 e. The quantitative estimate of drug-likeness (QED) is 0.500. The molecule has 1 saturated heterocycles. The highest BCUT2D eigenvalue weighted by Gasteiger charge is 2.35. The maximum Gasteiger partial charge on any atom is 0.316 e. The van der Waals surface area contributed by atoms with Crippen molar-refractivity contribution in [1.82, 2.24) is 4.90 Å². The first-order valence-electron chi connectivity index (χ1n) is 5.36. The Morgan fingerprint density at radius 2 is 2.06 bits per heavy atom. The second-order valence-electron chi connectivity index (χ2n) is 4.25. The van der Waals surface area contributed by atoms with E-state index in [1.165, 1.54) is 12.0 Å². The van der Waals surface area contributed by atoms with Crippen LogP contribution in [0.3, 0.4) is 0 Å². The molecule has 0 radical (unpaired) electrons. The van der Waals surface area contributed by atoms with Crippen LogP contribution in [0.5, 0.6) is 0 Å². The molecule has 1 aliphatic heterocycles. The van der Waals surface area contributed by atoms with Gasteiger partial charge in [-0.25, -0.2) is 0 Å². The van der Waals surface area contributed by atoms with E-state index < -0.39 is 11.9 Å². The van der Waals surface area contributed by atoms with Crippen molar-refractivity contribution in [3.8, 4) is 0 Å². The number of carbonyl (C=O) groups excluding carboxylic acids is 3. The minimum atomic E-state index is -0.693. The largest absolute Gasteiger partial charge is 0.468 e. The summed E-state index contributed by atoms with van der Waals surface area (Å²) in [5, 5.41) is 0. The highest BCUT2D eigenvalue weighted by Crippen LogP contribution is 2.17. The molecular formula is C11H17NO4. The number of rotatable bonds is 2. The molecule has 5 nitrogen and oxygen atoms in total. The number of amides is 1. The fourth-order valence-corrected chi connectivity index (χ4v) is 1.77. The third-order valence-electron chi connectivity index (χ3n) is 2.71. The molecule has 90 valence electrons. The fraction of sp³-hybridized carbons (Fsp3) is 0.727. The van der Waals surface area contributed by atoms with Crippen molar-refractivity contribution in [3.63, 3.8) is 0 Å². The molecule has 0 saturated carbocycles. The monoisotopic (exact) mass is 227 g/mol. The lowest BCUT2D eigenvalue weighted by Gasteiger charge is -2.30. The molecule has 0 bridgehead atoms. The Morgan fingerprint density at radius 1 is 1.44 bits per heavy atom.